The zero-order valence-electron chi connectivity index (χ0n) is 24.4. The quantitative estimate of drug-likeness (QED) is 0.374. The summed E-state index contributed by atoms with van der Waals surface area (Å²) < 4.78 is 78.3. The highest BCUT2D eigenvalue weighted by Crippen LogP contribution is 2.38. The minimum absolute atomic E-state index is 0.0138. The van der Waals surface area contributed by atoms with Gasteiger partial charge in [-0.15, -0.1) is 0 Å². The molecule has 0 radical (unpaired) electrons. The van der Waals surface area contributed by atoms with E-state index in [1.807, 2.05) is 0 Å². The molecular formula is C29H39F4N5O4S. The highest BCUT2D eigenvalue weighted by atomic mass is 32.2. The van der Waals surface area contributed by atoms with Crippen LogP contribution < -0.4 is 16.0 Å². The number of piperidine rings is 1. The van der Waals surface area contributed by atoms with Crippen LogP contribution in [0, 0.1) is 25.7 Å². The molecule has 1 saturated carbocycles. The number of amidine groups is 1. The van der Waals surface area contributed by atoms with Crippen LogP contribution in [-0.4, -0.2) is 68.5 Å². The van der Waals surface area contributed by atoms with Crippen molar-refractivity contribution in [1.29, 1.82) is 0 Å². The summed E-state index contributed by atoms with van der Waals surface area (Å²) in [6, 6.07) is 2.51. The van der Waals surface area contributed by atoms with Crippen molar-refractivity contribution in [3.05, 3.63) is 34.2 Å². The SMILES string of the molecule is Cc1cc(N(CCF)C(N)=O)cc(C)c1/C=C/S(=O)(=O)N1CCC2(CC1)N=C(C1CCC(CCC(F)(F)F)CC1)NC2=O. The second-order valence-corrected chi connectivity index (χ2v) is 13.6. The Morgan fingerprint density at radius 3 is 2.30 bits per heavy atom. The van der Waals surface area contributed by atoms with Crippen LogP contribution in [0.25, 0.3) is 6.08 Å². The Labute approximate surface area is 249 Å². The van der Waals surface area contributed by atoms with Gasteiger partial charge >= 0.3 is 12.2 Å². The number of amides is 3. The molecule has 1 aliphatic carbocycles. The third kappa shape index (κ3) is 7.75. The zero-order valence-corrected chi connectivity index (χ0v) is 25.2. The zero-order chi connectivity index (χ0) is 31.6. The Kier molecular flexibility index (Phi) is 9.89. The number of carbonyl (C=O) groups excluding carboxylic acids is 2. The fraction of sp³-hybridized carbons (Fsp3) is 0.621. The van der Waals surface area contributed by atoms with E-state index in [0.717, 1.165) is 10.3 Å². The van der Waals surface area contributed by atoms with E-state index in [9.17, 15) is 35.6 Å². The molecule has 238 valence electrons. The number of alkyl halides is 4. The average Bonchev–Trinajstić information content (AvgIpc) is 3.24. The number of urea groups is 1. The van der Waals surface area contributed by atoms with E-state index < -0.39 is 40.9 Å². The average molecular weight is 630 g/mol. The first-order valence-corrected chi connectivity index (χ1v) is 16.0. The monoisotopic (exact) mass is 629 g/mol. The van der Waals surface area contributed by atoms with Crippen LogP contribution in [0.3, 0.4) is 0 Å². The summed E-state index contributed by atoms with van der Waals surface area (Å²) in [5.41, 5.74) is 6.77. The van der Waals surface area contributed by atoms with E-state index in [4.69, 9.17) is 10.7 Å². The van der Waals surface area contributed by atoms with Gasteiger partial charge < -0.3 is 11.1 Å². The van der Waals surface area contributed by atoms with Gasteiger partial charge in [0, 0.05) is 36.5 Å². The van der Waals surface area contributed by atoms with E-state index in [2.05, 4.69) is 5.32 Å². The predicted molar refractivity (Wildman–Crippen MR) is 157 cm³/mol. The van der Waals surface area contributed by atoms with Gasteiger partial charge in [0.1, 0.15) is 18.0 Å². The van der Waals surface area contributed by atoms with Gasteiger partial charge in [0.15, 0.2) is 0 Å². The predicted octanol–water partition coefficient (Wildman–Crippen LogP) is 4.97. The van der Waals surface area contributed by atoms with E-state index >= 15 is 0 Å². The smallest absolute Gasteiger partial charge is 0.351 e. The number of hydrogen-bond donors (Lipinski definition) is 2. The van der Waals surface area contributed by atoms with Crippen molar-refractivity contribution >= 4 is 39.6 Å². The number of sulfonamides is 1. The molecule has 2 fully saturated rings. The normalized spacial score (nSPS) is 23.0. The Bertz CT molecular complexity index is 1360. The molecule has 4 rings (SSSR count). The van der Waals surface area contributed by atoms with Gasteiger partial charge in [-0.25, -0.2) is 17.6 Å². The van der Waals surface area contributed by atoms with Crippen molar-refractivity contribution in [2.45, 2.75) is 76.9 Å². The number of nitrogens with zero attached hydrogens (tertiary/aromatic N) is 3. The number of rotatable bonds is 9. The fourth-order valence-electron chi connectivity index (χ4n) is 6.34. The molecule has 2 heterocycles. The summed E-state index contributed by atoms with van der Waals surface area (Å²) in [7, 11) is -3.83. The number of hydrogen-bond acceptors (Lipinski definition) is 5. The maximum absolute atomic E-state index is 13.2. The third-order valence-corrected chi connectivity index (χ3v) is 10.4. The Hall–Kier alpha value is -3.00. The standard InChI is InChI=1S/C29H39F4N5O4S/c1-19-17-23(38(15-12-30)27(34)40)18-20(2)24(19)8-16-43(41,42)37-13-10-28(11-14-37)26(39)35-25(36-28)22-5-3-21(4-6-22)7-9-29(31,32)33/h8,16-18,21-22H,3-7,9-15H2,1-2H3,(H2,34,40)(H,35,36,39)/b16-8+. The lowest BCUT2D eigenvalue weighted by Gasteiger charge is -2.34. The number of aliphatic imine (C=N–C) groups is 1. The van der Waals surface area contributed by atoms with Gasteiger partial charge in [-0.05, 0) is 99.6 Å². The van der Waals surface area contributed by atoms with Gasteiger partial charge in [-0.2, -0.15) is 17.5 Å². The summed E-state index contributed by atoms with van der Waals surface area (Å²) in [4.78, 5) is 30.6. The van der Waals surface area contributed by atoms with Gasteiger partial charge in [0.25, 0.3) is 5.91 Å². The molecule has 1 spiro atoms. The Balaban J connectivity index is 1.38. The van der Waals surface area contributed by atoms with Crippen molar-refractivity contribution in [3.63, 3.8) is 0 Å². The number of anilines is 1. The highest BCUT2D eigenvalue weighted by molar-refractivity contribution is 7.92. The fourth-order valence-corrected chi connectivity index (χ4v) is 7.51. The summed E-state index contributed by atoms with van der Waals surface area (Å²) >= 11 is 0. The molecular weight excluding hydrogens is 590 g/mol. The van der Waals surface area contributed by atoms with Gasteiger partial charge in [-0.1, -0.05) is 0 Å². The molecule has 3 N–H and O–H groups in total. The lowest BCUT2D eigenvalue weighted by Crippen LogP contribution is -2.50. The molecule has 2 aliphatic heterocycles. The Morgan fingerprint density at radius 2 is 1.77 bits per heavy atom. The number of nitrogens with one attached hydrogen (secondary N) is 1. The van der Waals surface area contributed by atoms with E-state index in [0.29, 0.717) is 53.9 Å². The molecule has 1 aromatic rings. The molecule has 0 atom stereocenters. The summed E-state index contributed by atoms with van der Waals surface area (Å²) in [5.74, 6) is 0.326. The number of benzene rings is 1. The van der Waals surface area contributed by atoms with Crippen LogP contribution in [0.2, 0.25) is 0 Å². The van der Waals surface area contributed by atoms with Crippen LogP contribution in [0.4, 0.5) is 28.0 Å². The molecule has 3 amide bonds. The molecule has 14 heteroatoms. The maximum atomic E-state index is 13.2. The summed E-state index contributed by atoms with van der Waals surface area (Å²) in [6.45, 7) is 2.77. The third-order valence-electron chi connectivity index (χ3n) is 8.85. The first kappa shape index (κ1) is 32.9. The molecule has 0 bridgehead atoms. The number of halogens is 4. The van der Waals surface area contributed by atoms with Crippen LogP contribution >= 0.6 is 0 Å². The van der Waals surface area contributed by atoms with E-state index in [1.165, 1.54) is 10.4 Å². The van der Waals surface area contributed by atoms with E-state index in [1.54, 1.807) is 26.0 Å². The van der Waals surface area contributed by atoms with Gasteiger partial charge in [-0.3, -0.25) is 14.7 Å². The maximum Gasteiger partial charge on any atom is 0.389 e. The van der Waals surface area contributed by atoms with Crippen molar-refractivity contribution in [3.8, 4) is 0 Å². The van der Waals surface area contributed by atoms with Crippen molar-refractivity contribution in [2.24, 2.45) is 22.6 Å². The number of nitrogens with two attached hydrogens (primary N) is 1. The first-order chi connectivity index (χ1) is 20.1. The largest absolute Gasteiger partial charge is 0.389 e. The second-order valence-electron chi connectivity index (χ2n) is 11.8. The van der Waals surface area contributed by atoms with Crippen molar-refractivity contribution in [1.82, 2.24) is 9.62 Å². The lowest BCUT2D eigenvalue weighted by molar-refractivity contribution is -0.138. The molecule has 0 unspecified atom stereocenters. The number of primary amides is 1. The van der Waals surface area contributed by atoms with Crippen LogP contribution in [0.15, 0.2) is 22.5 Å². The summed E-state index contributed by atoms with van der Waals surface area (Å²) in [6.07, 6.45) is -0.229. The number of aryl methyl sites for hydroxylation is 2. The second kappa shape index (κ2) is 12.9. The molecule has 0 aromatic heterocycles. The minimum atomic E-state index is -4.15. The molecule has 1 aromatic carbocycles. The van der Waals surface area contributed by atoms with Crippen molar-refractivity contribution < 1.29 is 35.6 Å². The molecule has 9 nitrogen and oxygen atoms in total. The van der Waals surface area contributed by atoms with Crippen LogP contribution in [0.1, 0.15) is 68.1 Å². The van der Waals surface area contributed by atoms with Crippen LogP contribution in [0.5, 0.6) is 0 Å². The summed E-state index contributed by atoms with van der Waals surface area (Å²) in [5, 5.41) is 4.01. The van der Waals surface area contributed by atoms with Gasteiger partial charge in [0.05, 0.1) is 6.54 Å². The Morgan fingerprint density at radius 1 is 1.16 bits per heavy atom. The number of carbonyl (C=O) groups is 2. The molecule has 43 heavy (non-hydrogen) atoms. The molecule has 1 saturated heterocycles. The lowest BCUT2D eigenvalue weighted by atomic mass is 9.79. The van der Waals surface area contributed by atoms with Crippen LogP contribution in [-0.2, 0) is 14.8 Å². The minimum Gasteiger partial charge on any atom is -0.351 e. The first-order valence-electron chi connectivity index (χ1n) is 14.5. The molecule has 3 aliphatic rings. The topological polar surface area (TPSA) is 125 Å². The van der Waals surface area contributed by atoms with E-state index in [-0.39, 0.29) is 56.6 Å². The van der Waals surface area contributed by atoms with Crippen molar-refractivity contribution in [2.75, 3.05) is 31.2 Å². The van der Waals surface area contributed by atoms with Gasteiger partial charge in [0.2, 0.25) is 10.0 Å². The highest BCUT2D eigenvalue weighted by Gasteiger charge is 2.48.